The molecule has 0 radical (unpaired) electrons. The van der Waals surface area contributed by atoms with E-state index >= 15 is 0 Å². The van der Waals surface area contributed by atoms with Gasteiger partial charge < -0.3 is 14.1 Å². The molecule has 2 saturated heterocycles. The molecule has 6 nitrogen and oxygen atoms in total. The molecule has 3 aliphatic rings. The van der Waals surface area contributed by atoms with Gasteiger partial charge in [-0.05, 0) is 38.3 Å². The second kappa shape index (κ2) is 6.35. The van der Waals surface area contributed by atoms with E-state index in [9.17, 15) is 0 Å². The van der Waals surface area contributed by atoms with Gasteiger partial charge in [-0.2, -0.15) is 0 Å². The number of morpholine rings is 1. The van der Waals surface area contributed by atoms with Crippen molar-refractivity contribution in [3.63, 3.8) is 0 Å². The van der Waals surface area contributed by atoms with Crippen LogP contribution in [0, 0.1) is 13.8 Å². The highest BCUT2D eigenvalue weighted by molar-refractivity contribution is 5.37. The van der Waals surface area contributed by atoms with Crippen molar-refractivity contribution < 1.29 is 9.15 Å². The van der Waals surface area contributed by atoms with Gasteiger partial charge in [-0.1, -0.05) is 0 Å². The lowest BCUT2D eigenvalue weighted by Crippen LogP contribution is -2.40. The second-order valence-electron chi connectivity index (χ2n) is 7.75. The normalized spacial score (nSPS) is 25.5. The number of nitrogens with zero attached hydrogens (tertiary/aromatic N) is 4. The number of hydrogen-bond donors (Lipinski definition) is 0. The molecule has 0 unspecified atom stereocenters. The Labute approximate surface area is 154 Å². The Morgan fingerprint density at radius 3 is 2.81 bits per heavy atom. The van der Waals surface area contributed by atoms with Crippen LogP contribution in [0.25, 0.3) is 0 Å². The van der Waals surface area contributed by atoms with Crippen molar-refractivity contribution in [1.29, 1.82) is 0 Å². The second-order valence-corrected chi connectivity index (χ2v) is 7.75. The quantitative estimate of drug-likeness (QED) is 0.845. The van der Waals surface area contributed by atoms with Crippen LogP contribution in [0.5, 0.6) is 0 Å². The first-order valence-corrected chi connectivity index (χ1v) is 9.69. The lowest BCUT2D eigenvalue weighted by molar-refractivity contribution is 0.121. The van der Waals surface area contributed by atoms with E-state index < -0.39 is 0 Å². The lowest BCUT2D eigenvalue weighted by Gasteiger charge is -2.35. The minimum atomic E-state index is 0.424. The van der Waals surface area contributed by atoms with Gasteiger partial charge in [0.1, 0.15) is 11.5 Å². The Hall–Kier alpha value is -1.92. The smallest absolute Gasteiger partial charge is 0.225 e. The van der Waals surface area contributed by atoms with E-state index in [0.717, 1.165) is 56.7 Å². The zero-order valence-electron chi connectivity index (χ0n) is 15.6. The van der Waals surface area contributed by atoms with Crippen molar-refractivity contribution in [1.82, 2.24) is 14.9 Å². The molecule has 0 spiro atoms. The van der Waals surface area contributed by atoms with E-state index in [1.165, 1.54) is 29.7 Å². The maximum absolute atomic E-state index is 5.94. The molecule has 2 atom stereocenters. The molecule has 5 heterocycles. The van der Waals surface area contributed by atoms with Crippen molar-refractivity contribution in [3.05, 3.63) is 40.6 Å². The Balaban J connectivity index is 1.39. The Morgan fingerprint density at radius 1 is 1.19 bits per heavy atom. The highest BCUT2D eigenvalue weighted by Gasteiger charge is 2.41. The minimum absolute atomic E-state index is 0.424. The highest BCUT2D eigenvalue weighted by Crippen LogP contribution is 2.44. The van der Waals surface area contributed by atoms with Crippen LogP contribution in [0.1, 0.15) is 47.2 Å². The van der Waals surface area contributed by atoms with Crippen LogP contribution in [0.2, 0.25) is 0 Å². The summed E-state index contributed by atoms with van der Waals surface area (Å²) < 4.78 is 11.4. The SMILES string of the molecule is Cc1cc(CN2[C@H]3CC[C@H]2c2cnc(N4CCOCC4)nc2C3)oc1C. The van der Waals surface area contributed by atoms with Crippen molar-refractivity contribution in [2.24, 2.45) is 0 Å². The predicted octanol–water partition coefficient (Wildman–Crippen LogP) is 2.78. The number of aromatic nitrogens is 2. The molecule has 0 aliphatic carbocycles. The highest BCUT2D eigenvalue weighted by atomic mass is 16.5. The largest absolute Gasteiger partial charge is 0.465 e. The summed E-state index contributed by atoms with van der Waals surface area (Å²) in [6.07, 6.45) is 5.51. The minimum Gasteiger partial charge on any atom is -0.465 e. The molecule has 2 aromatic rings. The molecule has 138 valence electrons. The van der Waals surface area contributed by atoms with Crippen molar-refractivity contribution in [3.8, 4) is 0 Å². The summed E-state index contributed by atoms with van der Waals surface area (Å²) in [6.45, 7) is 8.34. The topological polar surface area (TPSA) is 54.6 Å². The Morgan fingerprint density at radius 2 is 2.04 bits per heavy atom. The average Bonchev–Trinajstić information content (AvgIpc) is 3.12. The lowest BCUT2D eigenvalue weighted by atomic mass is 9.99. The third kappa shape index (κ3) is 2.72. The van der Waals surface area contributed by atoms with Gasteiger partial charge >= 0.3 is 0 Å². The van der Waals surface area contributed by atoms with E-state index in [1.54, 1.807) is 0 Å². The van der Waals surface area contributed by atoms with Crippen LogP contribution < -0.4 is 4.90 Å². The molecule has 26 heavy (non-hydrogen) atoms. The van der Waals surface area contributed by atoms with Gasteiger partial charge in [-0.3, -0.25) is 4.90 Å². The first-order chi connectivity index (χ1) is 12.7. The molecule has 0 amide bonds. The van der Waals surface area contributed by atoms with E-state index in [2.05, 4.69) is 29.0 Å². The Kier molecular flexibility index (Phi) is 3.98. The van der Waals surface area contributed by atoms with Crippen LogP contribution >= 0.6 is 0 Å². The van der Waals surface area contributed by atoms with Crippen molar-refractivity contribution >= 4 is 5.95 Å². The van der Waals surface area contributed by atoms with E-state index in [0.29, 0.717) is 12.1 Å². The average molecular weight is 354 g/mol. The van der Waals surface area contributed by atoms with Crippen LogP contribution in [0.4, 0.5) is 5.95 Å². The van der Waals surface area contributed by atoms with E-state index in [1.807, 2.05) is 6.92 Å². The number of hydrogen-bond acceptors (Lipinski definition) is 6. The van der Waals surface area contributed by atoms with Gasteiger partial charge in [0.2, 0.25) is 5.95 Å². The third-order valence-electron chi connectivity index (χ3n) is 6.17. The van der Waals surface area contributed by atoms with Gasteiger partial charge in [0.15, 0.2) is 0 Å². The predicted molar refractivity (Wildman–Crippen MR) is 98.3 cm³/mol. The number of furan rings is 1. The molecular weight excluding hydrogens is 328 g/mol. The van der Waals surface area contributed by atoms with Gasteiger partial charge in [-0.15, -0.1) is 0 Å². The van der Waals surface area contributed by atoms with Crippen LogP contribution in [-0.4, -0.2) is 47.2 Å². The van der Waals surface area contributed by atoms with Gasteiger partial charge in [0.05, 0.1) is 25.5 Å². The first-order valence-electron chi connectivity index (χ1n) is 9.69. The maximum Gasteiger partial charge on any atom is 0.225 e. The molecule has 2 fully saturated rings. The van der Waals surface area contributed by atoms with Gasteiger partial charge in [0.25, 0.3) is 0 Å². The standard InChI is InChI=1S/C20H26N4O2/c1-13-9-16(26-14(13)2)12-24-15-3-4-19(24)17-11-21-20(22-18(17)10-15)23-5-7-25-8-6-23/h9,11,15,19H,3-8,10,12H2,1-2H3/t15-,19-/m0/s1. The summed E-state index contributed by atoms with van der Waals surface area (Å²) in [7, 11) is 0. The van der Waals surface area contributed by atoms with E-state index in [4.69, 9.17) is 19.1 Å². The monoisotopic (exact) mass is 354 g/mol. The number of rotatable bonds is 3. The number of ether oxygens (including phenoxy) is 1. The fourth-order valence-electron chi connectivity index (χ4n) is 4.63. The molecule has 0 aromatic carbocycles. The summed E-state index contributed by atoms with van der Waals surface area (Å²) in [6, 6.07) is 3.17. The zero-order chi connectivity index (χ0) is 17.7. The van der Waals surface area contributed by atoms with Gasteiger partial charge in [0, 0.05) is 43.4 Å². The van der Waals surface area contributed by atoms with Crippen LogP contribution in [0.15, 0.2) is 16.7 Å². The Bertz CT molecular complexity index is 793. The molecule has 0 N–H and O–H groups in total. The summed E-state index contributed by atoms with van der Waals surface area (Å²) in [5.41, 5.74) is 3.80. The zero-order valence-corrected chi connectivity index (χ0v) is 15.6. The molecular formula is C20H26N4O2. The van der Waals surface area contributed by atoms with Crippen molar-refractivity contribution in [2.75, 3.05) is 31.2 Å². The van der Waals surface area contributed by atoms with Crippen LogP contribution in [-0.2, 0) is 17.7 Å². The summed E-state index contributed by atoms with van der Waals surface area (Å²) in [4.78, 5) is 14.5. The van der Waals surface area contributed by atoms with Crippen molar-refractivity contribution in [2.45, 2.75) is 51.7 Å². The fraction of sp³-hybridized carbons (Fsp3) is 0.600. The van der Waals surface area contributed by atoms with Gasteiger partial charge in [-0.25, -0.2) is 9.97 Å². The molecule has 5 rings (SSSR count). The molecule has 2 aromatic heterocycles. The number of aryl methyl sites for hydroxylation is 2. The molecule has 3 aliphatic heterocycles. The molecule has 6 heteroatoms. The number of fused-ring (bicyclic) bond motifs is 4. The summed E-state index contributed by atoms with van der Waals surface area (Å²) in [5.74, 6) is 2.98. The first kappa shape index (κ1) is 16.3. The number of anilines is 1. The van der Waals surface area contributed by atoms with Crippen LogP contribution in [0.3, 0.4) is 0 Å². The third-order valence-corrected chi connectivity index (χ3v) is 6.17. The fourth-order valence-corrected chi connectivity index (χ4v) is 4.63. The summed E-state index contributed by atoms with van der Waals surface area (Å²) in [5, 5.41) is 0. The molecule has 0 saturated carbocycles. The molecule has 2 bridgehead atoms. The maximum atomic E-state index is 5.94. The summed E-state index contributed by atoms with van der Waals surface area (Å²) >= 11 is 0. The van der Waals surface area contributed by atoms with E-state index in [-0.39, 0.29) is 0 Å².